The largest absolute Gasteiger partial charge is 0.440 e. The van der Waals surface area contributed by atoms with E-state index >= 15 is 0 Å². The van der Waals surface area contributed by atoms with Crippen LogP contribution in [0.2, 0.25) is 0 Å². The van der Waals surface area contributed by atoms with Crippen molar-refractivity contribution in [1.29, 1.82) is 0 Å². The summed E-state index contributed by atoms with van der Waals surface area (Å²) in [6.07, 6.45) is 6.99. The monoisotopic (exact) mass is 332 g/mol. The molecule has 0 radical (unpaired) electrons. The Balaban J connectivity index is 1.38. The minimum atomic E-state index is -0.0707. The molecule has 1 N–H and O–H groups in total. The van der Waals surface area contributed by atoms with Crippen molar-refractivity contribution in [3.05, 3.63) is 59.0 Å². The average molecular weight is 332 g/mol. The Morgan fingerprint density at radius 1 is 1.04 bits per heavy atom. The van der Waals surface area contributed by atoms with Crippen LogP contribution < -0.4 is 5.32 Å². The van der Waals surface area contributed by atoms with Crippen LogP contribution in [0.5, 0.6) is 0 Å². The Labute approximate surface area is 146 Å². The summed E-state index contributed by atoms with van der Waals surface area (Å²) in [6, 6.07) is 11.7. The van der Waals surface area contributed by atoms with Gasteiger partial charge in [0.1, 0.15) is 5.52 Å². The highest BCUT2D eigenvalue weighted by atomic mass is 16.3. The number of anilines is 1. The topological polar surface area (TPSA) is 55.1 Å². The third-order valence-corrected chi connectivity index (χ3v) is 5.20. The summed E-state index contributed by atoms with van der Waals surface area (Å²) >= 11 is 0. The number of carbonyl (C=O) groups excluding carboxylic acids is 1. The summed E-state index contributed by atoms with van der Waals surface area (Å²) in [5, 5.41) is 2.99. The van der Waals surface area contributed by atoms with Crippen molar-refractivity contribution < 1.29 is 9.21 Å². The lowest BCUT2D eigenvalue weighted by Gasteiger charge is -2.16. The number of oxazole rings is 1. The van der Waals surface area contributed by atoms with Gasteiger partial charge >= 0.3 is 0 Å². The number of aromatic nitrogens is 1. The third kappa shape index (κ3) is 2.82. The lowest BCUT2D eigenvalue weighted by atomic mass is 9.90. The first kappa shape index (κ1) is 14.7. The molecule has 0 spiro atoms. The van der Waals surface area contributed by atoms with Crippen LogP contribution in [0.25, 0.3) is 11.1 Å². The molecule has 4 nitrogen and oxygen atoms in total. The number of amides is 1. The Bertz CT molecular complexity index is 969. The van der Waals surface area contributed by atoms with E-state index in [0.717, 1.165) is 53.9 Å². The molecule has 1 amide bonds. The van der Waals surface area contributed by atoms with Crippen molar-refractivity contribution in [1.82, 2.24) is 4.98 Å². The fourth-order valence-electron chi connectivity index (χ4n) is 3.61. The Kier molecular flexibility index (Phi) is 3.37. The van der Waals surface area contributed by atoms with Gasteiger partial charge < -0.3 is 9.73 Å². The van der Waals surface area contributed by atoms with Crippen molar-refractivity contribution in [2.24, 2.45) is 0 Å². The molecule has 1 fully saturated rings. The summed E-state index contributed by atoms with van der Waals surface area (Å²) < 4.78 is 5.77. The maximum atomic E-state index is 12.6. The zero-order valence-electron chi connectivity index (χ0n) is 14.0. The molecule has 1 aromatic heterocycles. The first-order valence-electron chi connectivity index (χ1n) is 9.10. The summed E-state index contributed by atoms with van der Waals surface area (Å²) in [6.45, 7) is 0. The molecule has 0 atom stereocenters. The summed E-state index contributed by atoms with van der Waals surface area (Å²) in [5.41, 5.74) is 5.78. The molecule has 0 saturated heterocycles. The van der Waals surface area contributed by atoms with Gasteiger partial charge in [0.15, 0.2) is 11.5 Å². The molecule has 4 heteroatoms. The Morgan fingerprint density at radius 3 is 2.72 bits per heavy atom. The maximum absolute atomic E-state index is 12.6. The van der Waals surface area contributed by atoms with E-state index in [2.05, 4.69) is 16.4 Å². The lowest BCUT2D eigenvalue weighted by molar-refractivity contribution is 0.102. The van der Waals surface area contributed by atoms with Gasteiger partial charge in [0.2, 0.25) is 0 Å². The molecule has 0 unspecified atom stereocenters. The number of nitrogens with zero attached hydrogens (tertiary/aromatic N) is 1. The van der Waals surface area contributed by atoms with Gasteiger partial charge in [0.25, 0.3) is 5.91 Å². The number of hydrogen-bond donors (Lipinski definition) is 1. The first-order valence-corrected chi connectivity index (χ1v) is 9.10. The third-order valence-electron chi connectivity index (χ3n) is 5.20. The number of benzene rings is 2. The summed E-state index contributed by atoms with van der Waals surface area (Å²) in [4.78, 5) is 17.2. The van der Waals surface area contributed by atoms with Crippen LogP contribution in [-0.2, 0) is 12.8 Å². The fraction of sp³-hybridized carbons (Fsp3) is 0.333. The Hall–Kier alpha value is -2.62. The van der Waals surface area contributed by atoms with Gasteiger partial charge in [-0.15, -0.1) is 0 Å². The molecular formula is C21H20N2O2. The van der Waals surface area contributed by atoms with Gasteiger partial charge in [-0.05, 0) is 80.0 Å². The molecule has 3 aromatic rings. The van der Waals surface area contributed by atoms with Gasteiger partial charge in [0, 0.05) is 17.2 Å². The van der Waals surface area contributed by atoms with Crippen LogP contribution in [0.15, 0.2) is 40.8 Å². The second-order valence-electron chi connectivity index (χ2n) is 7.15. The zero-order chi connectivity index (χ0) is 16.8. The van der Waals surface area contributed by atoms with E-state index in [4.69, 9.17) is 4.42 Å². The van der Waals surface area contributed by atoms with Gasteiger partial charge in [-0.25, -0.2) is 4.98 Å². The van der Waals surface area contributed by atoms with Crippen molar-refractivity contribution in [3.8, 4) is 0 Å². The quantitative estimate of drug-likeness (QED) is 0.747. The maximum Gasteiger partial charge on any atom is 0.255 e. The first-order chi connectivity index (χ1) is 12.3. The second kappa shape index (κ2) is 5.73. The normalized spacial score (nSPS) is 16.6. The SMILES string of the molecule is O=C(Nc1ccc2oc(C3CC3)nc2c1)c1ccc2c(c1)CCCC2. The molecule has 0 bridgehead atoms. The number of hydrogen-bond acceptors (Lipinski definition) is 3. The second-order valence-corrected chi connectivity index (χ2v) is 7.15. The van der Waals surface area contributed by atoms with Crippen LogP contribution in [0.4, 0.5) is 5.69 Å². The molecule has 1 saturated carbocycles. The van der Waals surface area contributed by atoms with Gasteiger partial charge in [-0.3, -0.25) is 4.79 Å². The molecule has 5 rings (SSSR count). The van der Waals surface area contributed by atoms with Crippen LogP contribution >= 0.6 is 0 Å². The van der Waals surface area contributed by atoms with E-state index in [0.29, 0.717) is 5.92 Å². The predicted octanol–water partition coefficient (Wildman–Crippen LogP) is 4.84. The van der Waals surface area contributed by atoms with E-state index in [-0.39, 0.29) is 5.91 Å². The van der Waals surface area contributed by atoms with Crippen LogP contribution in [0, 0.1) is 0 Å². The van der Waals surface area contributed by atoms with Crippen LogP contribution in [0.3, 0.4) is 0 Å². The highest BCUT2D eigenvalue weighted by Crippen LogP contribution is 2.40. The van der Waals surface area contributed by atoms with Crippen molar-refractivity contribution >= 4 is 22.7 Å². The molecule has 25 heavy (non-hydrogen) atoms. The standard InChI is InChI=1S/C21H20N2O2/c24-20(16-8-5-13-3-1-2-4-15(13)11-16)22-17-9-10-19-18(12-17)23-21(25-19)14-6-7-14/h5,8-12,14H,1-4,6-7H2,(H,22,24). The lowest BCUT2D eigenvalue weighted by Crippen LogP contribution is -2.13. The number of carbonyl (C=O) groups is 1. The fourth-order valence-corrected chi connectivity index (χ4v) is 3.61. The highest BCUT2D eigenvalue weighted by Gasteiger charge is 2.28. The van der Waals surface area contributed by atoms with Crippen molar-refractivity contribution in [2.75, 3.05) is 5.32 Å². The highest BCUT2D eigenvalue weighted by molar-refractivity contribution is 6.05. The van der Waals surface area contributed by atoms with Crippen LogP contribution in [0.1, 0.15) is 59.0 Å². The molecule has 1 heterocycles. The number of nitrogens with one attached hydrogen (secondary N) is 1. The molecule has 2 aromatic carbocycles. The Morgan fingerprint density at radius 2 is 1.88 bits per heavy atom. The number of aryl methyl sites for hydroxylation is 2. The van der Waals surface area contributed by atoms with E-state index in [1.807, 2.05) is 30.3 Å². The minimum absolute atomic E-state index is 0.0707. The van der Waals surface area contributed by atoms with Gasteiger partial charge in [-0.1, -0.05) is 6.07 Å². The zero-order valence-corrected chi connectivity index (χ0v) is 14.0. The minimum Gasteiger partial charge on any atom is -0.440 e. The predicted molar refractivity (Wildman–Crippen MR) is 97.0 cm³/mol. The molecule has 2 aliphatic rings. The van der Waals surface area contributed by atoms with E-state index in [9.17, 15) is 4.79 Å². The molecule has 0 aliphatic heterocycles. The van der Waals surface area contributed by atoms with Gasteiger partial charge in [-0.2, -0.15) is 0 Å². The van der Waals surface area contributed by atoms with E-state index in [1.54, 1.807) is 0 Å². The molecule has 126 valence electrons. The molecular weight excluding hydrogens is 312 g/mol. The summed E-state index contributed by atoms with van der Waals surface area (Å²) in [5.74, 6) is 1.24. The number of fused-ring (bicyclic) bond motifs is 2. The van der Waals surface area contributed by atoms with E-state index < -0.39 is 0 Å². The number of rotatable bonds is 3. The molecule has 2 aliphatic carbocycles. The average Bonchev–Trinajstić information content (AvgIpc) is 3.41. The van der Waals surface area contributed by atoms with E-state index in [1.165, 1.54) is 24.0 Å². The summed E-state index contributed by atoms with van der Waals surface area (Å²) in [7, 11) is 0. The van der Waals surface area contributed by atoms with Crippen molar-refractivity contribution in [3.63, 3.8) is 0 Å². The van der Waals surface area contributed by atoms with Crippen molar-refractivity contribution in [2.45, 2.75) is 44.4 Å². The van der Waals surface area contributed by atoms with Gasteiger partial charge in [0.05, 0.1) is 0 Å². The smallest absolute Gasteiger partial charge is 0.255 e. The van der Waals surface area contributed by atoms with Crippen LogP contribution in [-0.4, -0.2) is 10.9 Å².